The Morgan fingerprint density at radius 2 is 2.27 bits per heavy atom. The van der Waals surface area contributed by atoms with Gasteiger partial charge in [0.05, 0.1) is 5.69 Å². The molecule has 2 rings (SSSR count). The molecule has 0 atom stereocenters. The Morgan fingerprint density at radius 1 is 1.53 bits per heavy atom. The van der Waals surface area contributed by atoms with Crippen molar-refractivity contribution in [2.75, 3.05) is 5.73 Å². The maximum absolute atomic E-state index is 13.1. The maximum atomic E-state index is 13.1. The molecule has 0 aliphatic rings. The van der Waals surface area contributed by atoms with Crippen LogP contribution in [0.15, 0.2) is 22.7 Å². The monoisotopic (exact) mass is 288 g/mol. The van der Waals surface area contributed by atoms with Gasteiger partial charge in [-0.3, -0.25) is 4.57 Å². The lowest BCUT2D eigenvalue weighted by atomic mass is 10.3. The van der Waals surface area contributed by atoms with Crippen LogP contribution in [0, 0.1) is 10.6 Å². The fourth-order valence-electron chi connectivity index (χ4n) is 1.20. The largest absolute Gasteiger partial charge is 0.368 e. The van der Waals surface area contributed by atoms with Crippen LogP contribution < -0.4 is 5.73 Å². The van der Waals surface area contributed by atoms with Gasteiger partial charge in [-0.1, -0.05) is 0 Å². The van der Waals surface area contributed by atoms with Crippen LogP contribution in [0.4, 0.5) is 10.3 Å². The zero-order chi connectivity index (χ0) is 11.0. The molecule has 78 valence electrons. The Balaban J connectivity index is 2.74. The van der Waals surface area contributed by atoms with E-state index in [-0.39, 0.29) is 11.8 Å². The lowest BCUT2D eigenvalue weighted by molar-refractivity contribution is 0.626. The highest BCUT2D eigenvalue weighted by Gasteiger charge is 2.09. The minimum atomic E-state index is -0.365. The number of nitrogen functional groups attached to an aromatic ring is 1. The first-order valence-corrected chi connectivity index (χ1v) is 5.18. The quantitative estimate of drug-likeness (QED) is 0.793. The van der Waals surface area contributed by atoms with Crippen molar-refractivity contribution in [2.24, 2.45) is 0 Å². The molecule has 15 heavy (non-hydrogen) atoms. The van der Waals surface area contributed by atoms with Crippen molar-refractivity contribution in [1.82, 2.24) is 14.8 Å². The van der Waals surface area contributed by atoms with Crippen LogP contribution in [-0.2, 0) is 0 Å². The van der Waals surface area contributed by atoms with Crippen LogP contribution >= 0.6 is 28.1 Å². The highest BCUT2D eigenvalue weighted by atomic mass is 79.9. The summed E-state index contributed by atoms with van der Waals surface area (Å²) in [6.45, 7) is 0. The first kappa shape index (κ1) is 10.3. The number of aromatic amines is 1. The SMILES string of the molecule is Nc1n[nH]c(=S)n1-c1cc(F)ccc1Br. The number of H-pyrrole nitrogens is 1. The van der Waals surface area contributed by atoms with Crippen LogP contribution in [0.25, 0.3) is 5.69 Å². The number of nitrogens with one attached hydrogen (secondary N) is 1. The van der Waals surface area contributed by atoms with Gasteiger partial charge in [-0.15, -0.1) is 5.10 Å². The summed E-state index contributed by atoms with van der Waals surface area (Å²) in [5.41, 5.74) is 6.12. The number of benzene rings is 1. The topological polar surface area (TPSA) is 59.6 Å². The van der Waals surface area contributed by atoms with E-state index in [2.05, 4.69) is 26.1 Å². The molecule has 1 aromatic carbocycles. The van der Waals surface area contributed by atoms with Crippen molar-refractivity contribution in [3.8, 4) is 5.69 Å². The third kappa shape index (κ3) is 1.80. The summed E-state index contributed by atoms with van der Waals surface area (Å²) in [5, 5.41) is 6.27. The van der Waals surface area contributed by atoms with E-state index in [1.165, 1.54) is 16.7 Å². The number of rotatable bonds is 1. The van der Waals surface area contributed by atoms with Gasteiger partial charge in [0.2, 0.25) is 10.7 Å². The first-order chi connectivity index (χ1) is 7.09. The van der Waals surface area contributed by atoms with Crippen LogP contribution in [0.5, 0.6) is 0 Å². The lowest BCUT2D eigenvalue weighted by Gasteiger charge is -2.06. The van der Waals surface area contributed by atoms with E-state index in [1.54, 1.807) is 6.07 Å². The lowest BCUT2D eigenvalue weighted by Crippen LogP contribution is -2.02. The predicted octanol–water partition coefficient (Wildman–Crippen LogP) is 2.41. The predicted molar refractivity (Wildman–Crippen MR) is 60.8 cm³/mol. The second-order valence-electron chi connectivity index (χ2n) is 2.82. The number of nitrogens with two attached hydrogens (primary N) is 1. The molecule has 0 radical (unpaired) electrons. The van der Waals surface area contributed by atoms with Gasteiger partial charge in [0.25, 0.3) is 0 Å². The molecule has 2 aromatic rings. The average molecular weight is 289 g/mol. The summed E-state index contributed by atoms with van der Waals surface area (Å²) in [5.74, 6) is -0.179. The Labute approximate surface area is 98.0 Å². The van der Waals surface area contributed by atoms with Gasteiger partial charge in [0.15, 0.2) is 0 Å². The maximum Gasteiger partial charge on any atom is 0.225 e. The molecule has 7 heteroatoms. The third-order valence-electron chi connectivity index (χ3n) is 1.85. The van der Waals surface area contributed by atoms with Gasteiger partial charge < -0.3 is 5.73 Å². The number of halogens is 2. The standard InChI is InChI=1S/C8H6BrFN4S/c9-5-2-1-4(10)3-6(5)14-7(11)12-13-8(14)15/h1-3H,(H2,11,12)(H,13,15). The second-order valence-corrected chi connectivity index (χ2v) is 4.06. The second kappa shape index (κ2) is 3.74. The molecule has 0 unspecified atom stereocenters. The molecule has 1 aromatic heterocycles. The Kier molecular flexibility index (Phi) is 2.57. The molecule has 0 bridgehead atoms. The molecule has 0 amide bonds. The van der Waals surface area contributed by atoms with Crippen LogP contribution in [0.2, 0.25) is 0 Å². The number of anilines is 1. The van der Waals surface area contributed by atoms with Crippen molar-refractivity contribution in [3.05, 3.63) is 33.3 Å². The van der Waals surface area contributed by atoms with Gasteiger partial charge in [-0.25, -0.2) is 9.49 Å². The number of hydrogen-bond donors (Lipinski definition) is 2. The smallest absolute Gasteiger partial charge is 0.225 e. The van der Waals surface area contributed by atoms with E-state index in [0.29, 0.717) is 14.9 Å². The first-order valence-electron chi connectivity index (χ1n) is 3.98. The summed E-state index contributed by atoms with van der Waals surface area (Å²) < 4.78 is 15.5. The van der Waals surface area contributed by atoms with E-state index >= 15 is 0 Å². The van der Waals surface area contributed by atoms with E-state index in [0.717, 1.165) is 0 Å². The fourth-order valence-corrected chi connectivity index (χ4v) is 1.86. The van der Waals surface area contributed by atoms with Crippen molar-refractivity contribution in [2.45, 2.75) is 0 Å². The van der Waals surface area contributed by atoms with Gasteiger partial charge in [-0.2, -0.15) is 0 Å². The molecule has 1 heterocycles. The van der Waals surface area contributed by atoms with Crippen molar-refractivity contribution >= 4 is 34.1 Å². The molecule has 3 N–H and O–H groups in total. The fraction of sp³-hybridized carbons (Fsp3) is 0. The van der Waals surface area contributed by atoms with E-state index in [4.69, 9.17) is 18.0 Å². The van der Waals surface area contributed by atoms with Crippen LogP contribution in [0.1, 0.15) is 0 Å². The third-order valence-corrected chi connectivity index (χ3v) is 2.79. The number of nitrogens with zero attached hydrogens (tertiary/aromatic N) is 2. The van der Waals surface area contributed by atoms with E-state index < -0.39 is 0 Å². The minimum absolute atomic E-state index is 0.186. The number of hydrogen-bond acceptors (Lipinski definition) is 3. The molecule has 0 spiro atoms. The minimum Gasteiger partial charge on any atom is -0.368 e. The van der Waals surface area contributed by atoms with Gasteiger partial charge in [-0.05, 0) is 46.3 Å². The Bertz CT molecular complexity index is 562. The Hall–Kier alpha value is -1.21. The summed E-state index contributed by atoms with van der Waals surface area (Å²) in [4.78, 5) is 0. The molecule has 0 aliphatic carbocycles. The van der Waals surface area contributed by atoms with E-state index in [1.807, 2.05) is 0 Å². The summed E-state index contributed by atoms with van der Waals surface area (Å²) >= 11 is 8.27. The zero-order valence-electron chi connectivity index (χ0n) is 7.37. The molecule has 0 saturated heterocycles. The van der Waals surface area contributed by atoms with Crippen LogP contribution in [-0.4, -0.2) is 14.8 Å². The van der Waals surface area contributed by atoms with Crippen LogP contribution in [0.3, 0.4) is 0 Å². The van der Waals surface area contributed by atoms with Crippen molar-refractivity contribution < 1.29 is 4.39 Å². The summed E-state index contributed by atoms with van der Waals surface area (Å²) in [6.07, 6.45) is 0. The zero-order valence-corrected chi connectivity index (χ0v) is 9.77. The van der Waals surface area contributed by atoms with Crippen molar-refractivity contribution in [1.29, 1.82) is 0 Å². The molecular weight excluding hydrogens is 283 g/mol. The molecule has 0 fully saturated rings. The molecule has 0 aliphatic heterocycles. The average Bonchev–Trinajstić information content (AvgIpc) is 2.51. The van der Waals surface area contributed by atoms with Gasteiger partial charge in [0.1, 0.15) is 5.82 Å². The molecule has 0 saturated carbocycles. The van der Waals surface area contributed by atoms with Crippen molar-refractivity contribution in [3.63, 3.8) is 0 Å². The summed E-state index contributed by atoms with van der Waals surface area (Å²) in [6, 6.07) is 4.25. The molecule has 4 nitrogen and oxygen atoms in total. The van der Waals surface area contributed by atoms with Gasteiger partial charge in [0, 0.05) is 4.47 Å². The normalized spacial score (nSPS) is 10.5. The number of aromatic nitrogens is 3. The summed E-state index contributed by atoms with van der Waals surface area (Å²) in [7, 11) is 0. The van der Waals surface area contributed by atoms with E-state index in [9.17, 15) is 4.39 Å². The van der Waals surface area contributed by atoms with Gasteiger partial charge >= 0.3 is 0 Å². The molecular formula is C8H6BrFN4S. The highest BCUT2D eigenvalue weighted by molar-refractivity contribution is 9.10. The highest BCUT2D eigenvalue weighted by Crippen LogP contribution is 2.23. The Morgan fingerprint density at radius 3 is 2.87 bits per heavy atom.